The first kappa shape index (κ1) is 8.27. The summed E-state index contributed by atoms with van der Waals surface area (Å²) in [6.07, 6.45) is 1.41. The Morgan fingerprint density at radius 2 is 2.36 bits per heavy atom. The van der Waals surface area contributed by atoms with Crippen LogP contribution < -0.4 is 0 Å². The lowest BCUT2D eigenvalue weighted by atomic mass is 10.2. The Bertz CT molecular complexity index is 260. The van der Waals surface area contributed by atoms with Gasteiger partial charge in [0, 0.05) is 5.33 Å². The van der Waals surface area contributed by atoms with Crippen LogP contribution in [-0.2, 0) is 5.33 Å². The third-order valence-corrected chi connectivity index (χ3v) is 1.96. The number of oxime groups is 1. The molecule has 1 rings (SSSR count). The molecule has 0 aliphatic heterocycles. The van der Waals surface area contributed by atoms with Crippen LogP contribution in [0.15, 0.2) is 29.4 Å². The second-order valence-corrected chi connectivity index (χ2v) is 2.68. The molecule has 0 radical (unpaired) electrons. The van der Waals surface area contributed by atoms with Crippen molar-refractivity contribution in [2.24, 2.45) is 5.16 Å². The number of halogens is 1. The molecule has 0 atom stereocenters. The SMILES string of the molecule is O/N=C/c1cccc(CBr)c1. The maximum atomic E-state index is 8.24. The van der Waals surface area contributed by atoms with Crippen molar-refractivity contribution in [3.05, 3.63) is 35.4 Å². The first-order valence-corrected chi connectivity index (χ1v) is 4.31. The molecular weight excluding hydrogens is 206 g/mol. The summed E-state index contributed by atoms with van der Waals surface area (Å²) >= 11 is 3.34. The van der Waals surface area contributed by atoms with Gasteiger partial charge in [-0.25, -0.2) is 0 Å². The Kier molecular flexibility index (Phi) is 3.11. The van der Waals surface area contributed by atoms with Gasteiger partial charge in [0.15, 0.2) is 0 Å². The third-order valence-electron chi connectivity index (χ3n) is 1.31. The number of hydrogen-bond acceptors (Lipinski definition) is 2. The normalized spacial score (nSPS) is 10.6. The van der Waals surface area contributed by atoms with E-state index in [1.165, 1.54) is 11.8 Å². The number of rotatable bonds is 2. The molecule has 1 N–H and O–H groups in total. The van der Waals surface area contributed by atoms with Gasteiger partial charge < -0.3 is 5.21 Å². The highest BCUT2D eigenvalue weighted by atomic mass is 79.9. The van der Waals surface area contributed by atoms with Crippen LogP contribution in [0, 0.1) is 0 Å². The molecule has 58 valence electrons. The molecular formula is C8H8BrNO. The molecule has 0 saturated heterocycles. The van der Waals surface area contributed by atoms with E-state index in [4.69, 9.17) is 5.21 Å². The van der Waals surface area contributed by atoms with Gasteiger partial charge in [-0.15, -0.1) is 0 Å². The molecule has 0 amide bonds. The van der Waals surface area contributed by atoms with Crippen LogP contribution in [0.2, 0.25) is 0 Å². The van der Waals surface area contributed by atoms with Crippen LogP contribution in [0.1, 0.15) is 11.1 Å². The molecule has 0 bridgehead atoms. The second kappa shape index (κ2) is 4.13. The van der Waals surface area contributed by atoms with Crippen molar-refractivity contribution in [3.8, 4) is 0 Å². The Labute approximate surface area is 73.7 Å². The highest BCUT2D eigenvalue weighted by molar-refractivity contribution is 9.08. The van der Waals surface area contributed by atoms with Crippen LogP contribution in [-0.4, -0.2) is 11.4 Å². The van der Waals surface area contributed by atoms with Gasteiger partial charge in [-0.1, -0.05) is 39.3 Å². The topological polar surface area (TPSA) is 32.6 Å². The van der Waals surface area contributed by atoms with E-state index in [-0.39, 0.29) is 0 Å². The zero-order valence-electron chi connectivity index (χ0n) is 5.87. The van der Waals surface area contributed by atoms with E-state index in [0.29, 0.717) is 0 Å². The van der Waals surface area contributed by atoms with E-state index in [1.807, 2.05) is 24.3 Å². The lowest BCUT2D eigenvalue weighted by Gasteiger charge is -1.95. The van der Waals surface area contributed by atoms with Gasteiger partial charge in [-0.2, -0.15) is 0 Å². The van der Waals surface area contributed by atoms with Crippen molar-refractivity contribution in [1.82, 2.24) is 0 Å². The average Bonchev–Trinajstić information content (AvgIpc) is 2.06. The minimum absolute atomic E-state index is 0.820. The minimum Gasteiger partial charge on any atom is -0.411 e. The number of alkyl halides is 1. The molecule has 1 aromatic carbocycles. The van der Waals surface area contributed by atoms with Gasteiger partial charge in [0.2, 0.25) is 0 Å². The Hall–Kier alpha value is -0.830. The fourth-order valence-corrected chi connectivity index (χ4v) is 1.17. The van der Waals surface area contributed by atoms with Gasteiger partial charge in [0.25, 0.3) is 0 Å². The molecule has 0 aliphatic rings. The smallest absolute Gasteiger partial charge is 0.0733 e. The zero-order chi connectivity index (χ0) is 8.10. The van der Waals surface area contributed by atoms with Crippen molar-refractivity contribution >= 4 is 22.1 Å². The average molecular weight is 214 g/mol. The summed E-state index contributed by atoms with van der Waals surface area (Å²) in [6, 6.07) is 7.76. The second-order valence-electron chi connectivity index (χ2n) is 2.12. The molecule has 0 saturated carbocycles. The van der Waals surface area contributed by atoms with Crippen molar-refractivity contribution < 1.29 is 5.21 Å². The zero-order valence-corrected chi connectivity index (χ0v) is 7.45. The summed E-state index contributed by atoms with van der Waals surface area (Å²) in [4.78, 5) is 0. The quantitative estimate of drug-likeness (QED) is 0.348. The number of benzene rings is 1. The Morgan fingerprint density at radius 1 is 1.55 bits per heavy atom. The fourth-order valence-electron chi connectivity index (χ4n) is 0.823. The Morgan fingerprint density at radius 3 is 3.00 bits per heavy atom. The minimum atomic E-state index is 0.820. The van der Waals surface area contributed by atoms with Crippen molar-refractivity contribution in [2.45, 2.75) is 5.33 Å². The summed E-state index contributed by atoms with van der Waals surface area (Å²) in [5.41, 5.74) is 2.08. The number of hydrogen-bond donors (Lipinski definition) is 1. The molecule has 2 nitrogen and oxygen atoms in total. The van der Waals surface area contributed by atoms with E-state index < -0.39 is 0 Å². The van der Waals surface area contributed by atoms with Gasteiger partial charge >= 0.3 is 0 Å². The van der Waals surface area contributed by atoms with Crippen molar-refractivity contribution in [3.63, 3.8) is 0 Å². The van der Waals surface area contributed by atoms with Crippen LogP contribution in [0.5, 0.6) is 0 Å². The molecule has 0 unspecified atom stereocenters. The van der Waals surface area contributed by atoms with Gasteiger partial charge in [-0.05, 0) is 17.2 Å². The van der Waals surface area contributed by atoms with Crippen LogP contribution in [0.25, 0.3) is 0 Å². The molecule has 0 heterocycles. The molecule has 0 fully saturated rings. The molecule has 0 aromatic heterocycles. The molecule has 0 aliphatic carbocycles. The first-order valence-electron chi connectivity index (χ1n) is 3.19. The third kappa shape index (κ3) is 2.35. The van der Waals surface area contributed by atoms with Gasteiger partial charge in [0.05, 0.1) is 6.21 Å². The molecule has 1 aromatic rings. The lowest BCUT2D eigenvalue weighted by Crippen LogP contribution is -1.83. The molecule has 11 heavy (non-hydrogen) atoms. The number of nitrogens with zero attached hydrogens (tertiary/aromatic N) is 1. The van der Waals surface area contributed by atoms with E-state index in [1.54, 1.807) is 0 Å². The predicted molar refractivity (Wildman–Crippen MR) is 48.5 cm³/mol. The Balaban J connectivity index is 2.91. The van der Waals surface area contributed by atoms with Gasteiger partial charge in [0.1, 0.15) is 0 Å². The summed E-state index contributed by atoms with van der Waals surface area (Å²) in [6.45, 7) is 0. The molecule has 0 spiro atoms. The predicted octanol–water partition coefficient (Wildman–Crippen LogP) is 2.39. The maximum absolute atomic E-state index is 8.24. The lowest BCUT2D eigenvalue weighted by molar-refractivity contribution is 0.322. The standard InChI is InChI=1S/C8H8BrNO/c9-5-7-2-1-3-8(4-7)6-10-11/h1-4,6,11H,5H2/b10-6+. The van der Waals surface area contributed by atoms with Crippen molar-refractivity contribution in [2.75, 3.05) is 0 Å². The van der Waals surface area contributed by atoms with E-state index in [2.05, 4.69) is 21.1 Å². The fraction of sp³-hybridized carbons (Fsp3) is 0.125. The summed E-state index contributed by atoms with van der Waals surface area (Å²) in [5.74, 6) is 0. The monoisotopic (exact) mass is 213 g/mol. The highest BCUT2D eigenvalue weighted by Gasteiger charge is 1.90. The largest absolute Gasteiger partial charge is 0.411 e. The summed E-state index contributed by atoms with van der Waals surface area (Å²) in [7, 11) is 0. The molecule has 3 heteroatoms. The van der Waals surface area contributed by atoms with E-state index >= 15 is 0 Å². The van der Waals surface area contributed by atoms with Gasteiger partial charge in [-0.3, -0.25) is 0 Å². The van der Waals surface area contributed by atoms with E-state index in [9.17, 15) is 0 Å². The summed E-state index contributed by atoms with van der Waals surface area (Å²) in [5, 5.41) is 12.0. The maximum Gasteiger partial charge on any atom is 0.0733 e. The van der Waals surface area contributed by atoms with Crippen LogP contribution in [0.3, 0.4) is 0 Å². The van der Waals surface area contributed by atoms with Crippen LogP contribution >= 0.6 is 15.9 Å². The van der Waals surface area contributed by atoms with Crippen molar-refractivity contribution in [1.29, 1.82) is 0 Å². The summed E-state index contributed by atoms with van der Waals surface area (Å²) < 4.78 is 0. The first-order chi connectivity index (χ1) is 5.36. The van der Waals surface area contributed by atoms with Crippen LogP contribution in [0.4, 0.5) is 0 Å². The van der Waals surface area contributed by atoms with E-state index in [0.717, 1.165) is 10.9 Å². The highest BCUT2D eigenvalue weighted by Crippen LogP contribution is 2.06.